The van der Waals surface area contributed by atoms with Gasteiger partial charge in [-0.2, -0.15) is 0 Å². The first-order valence-corrected chi connectivity index (χ1v) is 10.1. The van der Waals surface area contributed by atoms with Gasteiger partial charge < -0.3 is 14.6 Å². The van der Waals surface area contributed by atoms with E-state index in [4.69, 9.17) is 14.6 Å². The van der Waals surface area contributed by atoms with E-state index in [9.17, 15) is 9.59 Å². The van der Waals surface area contributed by atoms with E-state index in [-0.39, 0.29) is 5.78 Å². The van der Waals surface area contributed by atoms with Gasteiger partial charge in [-0.1, -0.05) is 51.0 Å². The zero-order valence-corrected chi connectivity index (χ0v) is 18.5. The van der Waals surface area contributed by atoms with Crippen LogP contribution < -0.4 is 4.74 Å². The fourth-order valence-corrected chi connectivity index (χ4v) is 2.19. The Kier molecular flexibility index (Phi) is 10.6. The third-order valence-electron chi connectivity index (χ3n) is 3.84. The van der Waals surface area contributed by atoms with E-state index in [0.717, 1.165) is 5.56 Å². The number of unbranched alkanes of at least 4 members (excludes halogenated alkanes) is 1. The van der Waals surface area contributed by atoms with Crippen molar-refractivity contribution < 1.29 is 24.2 Å². The summed E-state index contributed by atoms with van der Waals surface area (Å²) in [4.78, 5) is 24.1. The van der Waals surface area contributed by atoms with Crippen molar-refractivity contribution in [2.45, 2.75) is 53.1 Å². The highest BCUT2D eigenvalue weighted by atomic mass is 16.6. The van der Waals surface area contributed by atoms with Crippen LogP contribution in [-0.2, 0) is 9.53 Å². The number of rotatable bonds is 7. The lowest BCUT2D eigenvalue weighted by Gasteiger charge is -2.17. The minimum atomic E-state index is -0.532. The van der Waals surface area contributed by atoms with Crippen LogP contribution in [0.15, 0.2) is 54.6 Å². The van der Waals surface area contributed by atoms with Crippen LogP contribution in [0.5, 0.6) is 5.75 Å². The number of carbonyl (C=O) groups is 2. The quantitative estimate of drug-likeness (QED) is 0.285. The van der Waals surface area contributed by atoms with Crippen LogP contribution in [0.4, 0.5) is 0 Å². The number of benzene rings is 2. The highest BCUT2D eigenvalue weighted by Gasteiger charge is 2.14. The van der Waals surface area contributed by atoms with E-state index in [1.807, 2.05) is 20.8 Å². The van der Waals surface area contributed by atoms with Crippen LogP contribution in [0.3, 0.4) is 0 Å². The number of aliphatic hydroxyl groups is 1. The number of carbonyl (C=O) groups excluding carboxylic acids is 2. The fraction of sp³-hybridized carbons (Fsp3) is 0.360. The van der Waals surface area contributed by atoms with Crippen molar-refractivity contribution in [2.75, 3.05) is 6.79 Å². The number of esters is 1. The summed E-state index contributed by atoms with van der Waals surface area (Å²) < 4.78 is 10.1. The number of ketones is 1. The van der Waals surface area contributed by atoms with Gasteiger partial charge in [-0.3, -0.25) is 4.79 Å². The normalized spacial score (nSPS) is 10.9. The first-order valence-electron chi connectivity index (χ1n) is 10.1. The van der Waals surface area contributed by atoms with Gasteiger partial charge in [0.2, 0.25) is 0 Å². The summed E-state index contributed by atoms with van der Waals surface area (Å²) in [5.74, 6) is -0.0438. The van der Waals surface area contributed by atoms with Gasteiger partial charge in [-0.25, -0.2) is 4.79 Å². The van der Waals surface area contributed by atoms with Crippen molar-refractivity contribution in [3.8, 4) is 5.75 Å². The molecule has 0 aliphatic carbocycles. The van der Waals surface area contributed by atoms with Gasteiger partial charge in [-0.15, -0.1) is 0 Å². The Morgan fingerprint density at radius 1 is 0.900 bits per heavy atom. The lowest BCUT2D eigenvalue weighted by molar-refractivity contribution is -0.148. The largest absolute Gasteiger partial charge is 0.468 e. The highest BCUT2D eigenvalue weighted by Crippen LogP contribution is 2.16. The van der Waals surface area contributed by atoms with Crippen molar-refractivity contribution >= 4 is 17.8 Å². The maximum atomic E-state index is 12.5. The Morgan fingerprint density at radius 3 is 1.83 bits per heavy atom. The molecule has 0 aliphatic heterocycles. The second kappa shape index (κ2) is 12.6. The summed E-state index contributed by atoms with van der Waals surface area (Å²) in [7, 11) is 0. The van der Waals surface area contributed by atoms with E-state index in [1.165, 1.54) is 18.9 Å². The molecule has 0 bridgehead atoms. The maximum absolute atomic E-state index is 12.5. The molecule has 162 valence electrons. The third kappa shape index (κ3) is 9.52. The summed E-state index contributed by atoms with van der Waals surface area (Å²) in [6.45, 7) is 9.37. The monoisotopic (exact) mass is 412 g/mol. The first-order chi connectivity index (χ1) is 14.2. The summed E-state index contributed by atoms with van der Waals surface area (Å²) >= 11 is 0. The standard InChI is InChI=1S/C21H22O5.C4H10/c1-21(2,3)26-19(23)13-6-15-4-7-16(8-5-15)20(24)17-9-11-18(12-10-17)25-14-22;1-3-4-2/h4-13,22H,14H2,1-3H3;3-4H2,1-2H3. The van der Waals surface area contributed by atoms with E-state index in [0.29, 0.717) is 16.9 Å². The van der Waals surface area contributed by atoms with Gasteiger partial charge in [0.1, 0.15) is 11.4 Å². The van der Waals surface area contributed by atoms with Crippen LogP contribution in [-0.4, -0.2) is 29.3 Å². The molecule has 0 saturated carbocycles. The Hall–Kier alpha value is -2.92. The Bertz CT molecular complexity index is 810. The van der Waals surface area contributed by atoms with Crippen LogP contribution in [0.1, 0.15) is 68.9 Å². The highest BCUT2D eigenvalue weighted by molar-refractivity contribution is 6.09. The smallest absolute Gasteiger partial charge is 0.331 e. The van der Waals surface area contributed by atoms with Crippen molar-refractivity contribution in [1.29, 1.82) is 0 Å². The minimum absolute atomic E-state index is 0.122. The van der Waals surface area contributed by atoms with Crippen molar-refractivity contribution in [3.05, 3.63) is 71.3 Å². The van der Waals surface area contributed by atoms with Crippen LogP contribution in [0.25, 0.3) is 6.08 Å². The number of aliphatic hydroxyl groups excluding tert-OH is 1. The van der Waals surface area contributed by atoms with E-state index in [1.54, 1.807) is 54.6 Å². The van der Waals surface area contributed by atoms with E-state index < -0.39 is 18.4 Å². The van der Waals surface area contributed by atoms with Crippen molar-refractivity contribution in [2.24, 2.45) is 0 Å². The first kappa shape index (κ1) is 25.1. The number of hydrogen-bond donors (Lipinski definition) is 1. The SMILES string of the molecule is CC(C)(C)OC(=O)C=Cc1ccc(C(=O)c2ccc(OCO)cc2)cc1.CCCC. The second-order valence-electron chi connectivity index (χ2n) is 7.62. The van der Waals surface area contributed by atoms with Crippen molar-refractivity contribution in [1.82, 2.24) is 0 Å². The maximum Gasteiger partial charge on any atom is 0.331 e. The molecular weight excluding hydrogens is 380 g/mol. The Balaban J connectivity index is 0.00000103. The van der Waals surface area contributed by atoms with Crippen LogP contribution in [0.2, 0.25) is 0 Å². The molecule has 2 aromatic carbocycles. The van der Waals surface area contributed by atoms with Gasteiger partial charge >= 0.3 is 5.97 Å². The molecule has 30 heavy (non-hydrogen) atoms. The number of ether oxygens (including phenoxy) is 2. The summed E-state index contributed by atoms with van der Waals surface area (Å²) in [5, 5.41) is 8.71. The molecule has 5 heteroatoms. The molecule has 0 spiro atoms. The molecule has 2 aromatic rings. The lowest BCUT2D eigenvalue weighted by Crippen LogP contribution is -2.22. The number of hydrogen-bond acceptors (Lipinski definition) is 5. The second-order valence-corrected chi connectivity index (χ2v) is 7.62. The average molecular weight is 413 g/mol. The molecule has 0 aromatic heterocycles. The van der Waals surface area contributed by atoms with Gasteiger partial charge in [0.05, 0.1) is 0 Å². The van der Waals surface area contributed by atoms with Gasteiger partial charge in [-0.05, 0) is 56.7 Å². The topological polar surface area (TPSA) is 72.8 Å². The zero-order valence-electron chi connectivity index (χ0n) is 18.5. The molecule has 2 rings (SSSR count). The summed E-state index contributed by atoms with van der Waals surface area (Å²) in [5.41, 5.74) is 1.32. The Morgan fingerprint density at radius 2 is 1.40 bits per heavy atom. The summed E-state index contributed by atoms with van der Waals surface area (Å²) in [6.07, 6.45) is 5.64. The minimum Gasteiger partial charge on any atom is -0.468 e. The molecule has 0 aliphatic rings. The lowest BCUT2D eigenvalue weighted by atomic mass is 10.0. The molecule has 5 nitrogen and oxygen atoms in total. The molecule has 0 radical (unpaired) electrons. The molecule has 0 fully saturated rings. The molecule has 0 amide bonds. The Labute approximate surface area is 179 Å². The molecule has 0 atom stereocenters. The van der Waals surface area contributed by atoms with Gasteiger partial charge in [0.25, 0.3) is 0 Å². The van der Waals surface area contributed by atoms with E-state index in [2.05, 4.69) is 13.8 Å². The molecule has 1 N–H and O–H groups in total. The molecule has 0 saturated heterocycles. The summed E-state index contributed by atoms with van der Waals surface area (Å²) in [6, 6.07) is 13.5. The third-order valence-corrected chi connectivity index (χ3v) is 3.84. The fourth-order valence-electron chi connectivity index (χ4n) is 2.19. The zero-order chi connectivity index (χ0) is 22.6. The molecule has 0 heterocycles. The van der Waals surface area contributed by atoms with Crippen LogP contribution >= 0.6 is 0 Å². The van der Waals surface area contributed by atoms with Gasteiger partial charge in [0.15, 0.2) is 12.6 Å². The van der Waals surface area contributed by atoms with Crippen molar-refractivity contribution in [3.63, 3.8) is 0 Å². The predicted octanol–water partition coefficient (Wildman–Crippen LogP) is 5.41. The molecule has 0 unspecified atom stereocenters. The van der Waals surface area contributed by atoms with Gasteiger partial charge in [0, 0.05) is 17.2 Å². The average Bonchev–Trinajstić information content (AvgIpc) is 2.72. The van der Waals surface area contributed by atoms with E-state index >= 15 is 0 Å². The predicted molar refractivity (Wildman–Crippen MR) is 119 cm³/mol. The molecular formula is C25H32O5. The van der Waals surface area contributed by atoms with Crippen LogP contribution in [0, 0.1) is 0 Å².